The van der Waals surface area contributed by atoms with Gasteiger partial charge in [-0.2, -0.15) is 0 Å². The van der Waals surface area contributed by atoms with Crippen LogP contribution in [0.15, 0.2) is 58.3 Å². The minimum Gasteiger partial charge on any atom is -0.461 e. The fourth-order valence-electron chi connectivity index (χ4n) is 2.51. The van der Waals surface area contributed by atoms with Crippen LogP contribution in [0.1, 0.15) is 25.5 Å². The molecule has 0 fully saturated rings. The highest BCUT2D eigenvalue weighted by Gasteiger charge is 2.17. The van der Waals surface area contributed by atoms with E-state index in [0.717, 1.165) is 5.56 Å². The molecule has 0 saturated carbocycles. The van der Waals surface area contributed by atoms with Gasteiger partial charge < -0.3 is 9.73 Å². The SMILES string of the molecule is CCn1c(SCC(=O)NC(C)c2ccccc2)nnc1-c1ccco1. The molecule has 2 aromatic heterocycles. The molecular formula is C18H20N4O2S. The number of benzene rings is 1. The zero-order chi connectivity index (χ0) is 17.6. The van der Waals surface area contributed by atoms with Gasteiger partial charge in [-0.1, -0.05) is 42.1 Å². The average Bonchev–Trinajstić information content (AvgIpc) is 3.29. The van der Waals surface area contributed by atoms with Crippen LogP contribution in [-0.2, 0) is 11.3 Å². The molecule has 0 aliphatic rings. The van der Waals surface area contributed by atoms with Crippen molar-refractivity contribution in [2.24, 2.45) is 0 Å². The van der Waals surface area contributed by atoms with Gasteiger partial charge in [-0.15, -0.1) is 10.2 Å². The maximum absolute atomic E-state index is 12.2. The van der Waals surface area contributed by atoms with E-state index in [2.05, 4.69) is 15.5 Å². The summed E-state index contributed by atoms with van der Waals surface area (Å²) in [5, 5.41) is 12.1. The number of furan rings is 1. The van der Waals surface area contributed by atoms with Crippen molar-refractivity contribution in [3.63, 3.8) is 0 Å². The molecule has 1 aromatic carbocycles. The molecule has 0 aliphatic heterocycles. The van der Waals surface area contributed by atoms with Crippen molar-refractivity contribution < 1.29 is 9.21 Å². The van der Waals surface area contributed by atoms with Gasteiger partial charge in [-0.05, 0) is 31.5 Å². The monoisotopic (exact) mass is 356 g/mol. The zero-order valence-corrected chi connectivity index (χ0v) is 15.0. The van der Waals surface area contributed by atoms with Crippen LogP contribution in [0.25, 0.3) is 11.6 Å². The lowest BCUT2D eigenvalue weighted by atomic mass is 10.1. The highest BCUT2D eigenvalue weighted by Crippen LogP contribution is 2.24. The normalized spacial score (nSPS) is 12.1. The number of carbonyl (C=O) groups excluding carboxylic acids is 1. The Bertz CT molecular complexity index is 815. The summed E-state index contributed by atoms with van der Waals surface area (Å²) in [6.45, 7) is 4.69. The van der Waals surface area contributed by atoms with E-state index in [1.54, 1.807) is 6.26 Å². The highest BCUT2D eigenvalue weighted by atomic mass is 32.2. The van der Waals surface area contributed by atoms with E-state index >= 15 is 0 Å². The second-order valence-electron chi connectivity index (χ2n) is 5.52. The summed E-state index contributed by atoms with van der Waals surface area (Å²) in [7, 11) is 0. The number of hydrogen-bond acceptors (Lipinski definition) is 5. The van der Waals surface area contributed by atoms with Gasteiger partial charge in [0.1, 0.15) is 0 Å². The van der Waals surface area contributed by atoms with Gasteiger partial charge in [0.05, 0.1) is 18.1 Å². The molecule has 7 heteroatoms. The minimum absolute atomic E-state index is 0.0305. The summed E-state index contributed by atoms with van der Waals surface area (Å²) in [5.74, 6) is 1.59. The van der Waals surface area contributed by atoms with Crippen molar-refractivity contribution >= 4 is 17.7 Å². The lowest BCUT2D eigenvalue weighted by Crippen LogP contribution is -2.28. The van der Waals surface area contributed by atoms with Gasteiger partial charge in [-0.25, -0.2) is 0 Å². The third kappa shape index (κ3) is 4.11. The number of hydrogen-bond donors (Lipinski definition) is 1. The molecule has 3 rings (SSSR count). The maximum atomic E-state index is 12.2. The Balaban J connectivity index is 1.61. The Hall–Kier alpha value is -2.54. The molecule has 1 atom stereocenters. The number of thioether (sulfide) groups is 1. The largest absolute Gasteiger partial charge is 0.461 e. The van der Waals surface area contributed by atoms with E-state index < -0.39 is 0 Å². The van der Waals surface area contributed by atoms with E-state index in [1.807, 2.05) is 60.9 Å². The average molecular weight is 356 g/mol. The molecule has 25 heavy (non-hydrogen) atoms. The fraction of sp³-hybridized carbons (Fsp3) is 0.278. The number of nitrogens with one attached hydrogen (secondary N) is 1. The lowest BCUT2D eigenvalue weighted by molar-refractivity contribution is -0.119. The van der Waals surface area contributed by atoms with Crippen LogP contribution in [0, 0.1) is 0 Å². The molecule has 1 unspecified atom stereocenters. The Kier molecular flexibility index (Phi) is 5.55. The summed E-state index contributed by atoms with van der Waals surface area (Å²) in [6.07, 6.45) is 1.61. The Morgan fingerprint density at radius 3 is 2.72 bits per heavy atom. The number of nitrogens with zero attached hydrogens (tertiary/aromatic N) is 3. The molecule has 1 amide bonds. The summed E-state index contributed by atoms with van der Waals surface area (Å²) in [6, 6.07) is 13.5. The number of rotatable bonds is 7. The van der Waals surface area contributed by atoms with Gasteiger partial charge in [0.15, 0.2) is 16.7 Å². The van der Waals surface area contributed by atoms with Crippen molar-refractivity contribution in [2.75, 3.05) is 5.75 Å². The fourth-order valence-corrected chi connectivity index (χ4v) is 3.32. The minimum atomic E-state index is -0.0356. The molecule has 0 aliphatic carbocycles. The molecule has 3 aromatic rings. The summed E-state index contributed by atoms with van der Waals surface area (Å²) in [4.78, 5) is 12.2. The predicted molar refractivity (Wildman–Crippen MR) is 97.1 cm³/mol. The Morgan fingerprint density at radius 1 is 1.24 bits per heavy atom. The van der Waals surface area contributed by atoms with E-state index in [-0.39, 0.29) is 17.7 Å². The van der Waals surface area contributed by atoms with Crippen molar-refractivity contribution in [1.29, 1.82) is 0 Å². The highest BCUT2D eigenvalue weighted by molar-refractivity contribution is 7.99. The third-order valence-electron chi connectivity index (χ3n) is 3.78. The van der Waals surface area contributed by atoms with Crippen molar-refractivity contribution in [1.82, 2.24) is 20.1 Å². The zero-order valence-electron chi connectivity index (χ0n) is 14.2. The van der Waals surface area contributed by atoms with Gasteiger partial charge in [0.2, 0.25) is 5.91 Å². The predicted octanol–water partition coefficient (Wildman–Crippen LogP) is 3.53. The van der Waals surface area contributed by atoms with Gasteiger partial charge in [0.25, 0.3) is 0 Å². The van der Waals surface area contributed by atoms with Crippen LogP contribution >= 0.6 is 11.8 Å². The lowest BCUT2D eigenvalue weighted by Gasteiger charge is -2.14. The maximum Gasteiger partial charge on any atom is 0.230 e. The van der Waals surface area contributed by atoms with Crippen molar-refractivity contribution in [2.45, 2.75) is 31.6 Å². The Morgan fingerprint density at radius 2 is 2.04 bits per heavy atom. The first-order valence-electron chi connectivity index (χ1n) is 8.13. The van der Waals surface area contributed by atoms with Gasteiger partial charge >= 0.3 is 0 Å². The molecular weight excluding hydrogens is 336 g/mol. The van der Waals surface area contributed by atoms with E-state index in [4.69, 9.17) is 4.42 Å². The van der Waals surface area contributed by atoms with Crippen LogP contribution in [0.3, 0.4) is 0 Å². The topological polar surface area (TPSA) is 73.0 Å². The van der Waals surface area contributed by atoms with Crippen LogP contribution < -0.4 is 5.32 Å². The third-order valence-corrected chi connectivity index (χ3v) is 4.75. The van der Waals surface area contributed by atoms with E-state index in [1.165, 1.54) is 11.8 Å². The number of carbonyl (C=O) groups is 1. The standard InChI is InChI=1S/C18H20N4O2S/c1-3-22-17(15-10-7-11-24-15)20-21-18(22)25-12-16(23)19-13(2)14-8-5-4-6-9-14/h4-11,13H,3,12H2,1-2H3,(H,19,23). The van der Waals surface area contributed by atoms with Gasteiger partial charge in [-0.3, -0.25) is 9.36 Å². The summed E-state index contributed by atoms with van der Waals surface area (Å²) < 4.78 is 7.33. The smallest absolute Gasteiger partial charge is 0.230 e. The van der Waals surface area contributed by atoms with Crippen LogP contribution in [0.4, 0.5) is 0 Å². The second-order valence-corrected chi connectivity index (χ2v) is 6.46. The van der Waals surface area contributed by atoms with Crippen molar-refractivity contribution in [3.8, 4) is 11.6 Å². The summed E-state index contributed by atoms with van der Waals surface area (Å²) >= 11 is 1.37. The van der Waals surface area contributed by atoms with Crippen LogP contribution in [0.2, 0.25) is 0 Å². The second kappa shape index (κ2) is 8.02. The molecule has 0 saturated heterocycles. The molecule has 130 valence electrons. The van der Waals surface area contributed by atoms with E-state index in [0.29, 0.717) is 23.3 Å². The number of aromatic nitrogens is 3. The number of amides is 1. The molecule has 0 spiro atoms. The molecule has 0 bridgehead atoms. The first-order valence-corrected chi connectivity index (χ1v) is 9.11. The van der Waals surface area contributed by atoms with E-state index in [9.17, 15) is 4.79 Å². The van der Waals surface area contributed by atoms with Crippen molar-refractivity contribution in [3.05, 3.63) is 54.3 Å². The molecule has 0 radical (unpaired) electrons. The first kappa shape index (κ1) is 17.3. The van der Waals surface area contributed by atoms with Crippen LogP contribution in [0.5, 0.6) is 0 Å². The molecule has 2 heterocycles. The van der Waals surface area contributed by atoms with Gasteiger partial charge in [0, 0.05) is 6.54 Å². The summed E-state index contributed by atoms with van der Waals surface area (Å²) in [5.41, 5.74) is 1.08. The molecule has 1 N–H and O–H groups in total. The first-order chi connectivity index (χ1) is 12.2. The quantitative estimate of drug-likeness (QED) is 0.656. The Labute approximate surface area is 150 Å². The van der Waals surface area contributed by atoms with Crippen LogP contribution in [-0.4, -0.2) is 26.4 Å². The molecule has 6 nitrogen and oxygen atoms in total.